The maximum absolute atomic E-state index is 12.3. The summed E-state index contributed by atoms with van der Waals surface area (Å²) >= 11 is 1.73. The van der Waals surface area contributed by atoms with Gasteiger partial charge in [0.05, 0.1) is 6.04 Å². The predicted octanol–water partition coefficient (Wildman–Crippen LogP) is 2.38. The van der Waals surface area contributed by atoms with Gasteiger partial charge < -0.3 is 15.3 Å². The standard InChI is InChI=1S/C14H18N2O3S/c17-13(18)8-16(9-4-5-9)14(19)15-11-2-1-3-12-10(11)6-7-20-12/h6-7,9,11H,1-5,8H2,(H,15,19)(H,17,18). The molecule has 6 heteroatoms. The maximum atomic E-state index is 12.3. The van der Waals surface area contributed by atoms with Crippen LogP contribution >= 0.6 is 11.3 Å². The van der Waals surface area contributed by atoms with Gasteiger partial charge >= 0.3 is 12.0 Å². The van der Waals surface area contributed by atoms with Gasteiger partial charge in [0, 0.05) is 10.9 Å². The minimum absolute atomic E-state index is 0.0348. The fourth-order valence-electron chi connectivity index (χ4n) is 2.77. The number of rotatable bonds is 4. The molecule has 0 spiro atoms. The number of hydrogen-bond donors (Lipinski definition) is 2. The minimum atomic E-state index is -0.952. The van der Waals surface area contributed by atoms with E-state index in [9.17, 15) is 9.59 Å². The number of carboxylic acids is 1. The summed E-state index contributed by atoms with van der Waals surface area (Å²) in [6, 6.07) is 1.98. The van der Waals surface area contributed by atoms with E-state index >= 15 is 0 Å². The van der Waals surface area contributed by atoms with E-state index in [1.807, 2.05) is 0 Å². The lowest BCUT2D eigenvalue weighted by Gasteiger charge is -2.28. The number of aliphatic carboxylic acids is 1. The zero-order valence-corrected chi connectivity index (χ0v) is 12.0. The number of urea groups is 1. The van der Waals surface area contributed by atoms with E-state index in [0.717, 1.165) is 32.1 Å². The van der Waals surface area contributed by atoms with Gasteiger partial charge in [-0.1, -0.05) is 0 Å². The molecule has 1 heterocycles. The second-order valence-corrected chi connectivity index (χ2v) is 6.45. The van der Waals surface area contributed by atoms with Gasteiger partial charge in [0.15, 0.2) is 0 Å². The Balaban J connectivity index is 1.68. The number of amides is 2. The number of nitrogens with zero attached hydrogens (tertiary/aromatic N) is 1. The summed E-state index contributed by atoms with van der Waals surface area (Å²) in [6.07, 6.45) is 4.91. The van der Waals surface area contributed by atoms with Crippen LogP contribution in [0.15, 0.2) is 11.4 Å². The van der Waals surface area contributed by atoms with E-state index in [1.165, 1.54) is 15.3 Å². The number of carbonyl (C=O) groups is 2. The Hall–Kier alpha value is -1.56. The molecule has 20 heavy (non-hydrogen) atoms. The largest absolute Gasteiger partial charge is 0.480 e. The zero-order chi connectivity index (χ0) is 14.1. The highest BCUT2D eigenvalue weighted by Crippen LogP contribution is 2.34. The molecular weight excluding hydrogens is 276 g/mol. The van der Waals surface area contributed by atoms with Crippen molar-refractivity contribution in [1.82, 2.24) is 10.2 Å². The third kappa shape index (κ3) is 2.80. The van der Waals surface area contributed by atoms with Crippen LogP contribution in [0.2, 0.25) is 0 Å². The topological polar surface area (TPSA) is 69.6 Å². The van der Waals surface area contributed by atoms with E-state index in [4.69, 9.17) is 5.11 Å². The van der Waals surface area contributed by atoms with Crippen molar-refractivity contribution in [3.8, 4) is 0 Å². The van der Waals surface area contributed by atoms with Crippen LogP contribution in [0, 0.1) is 0 Å². The Kier molecular flexibility index (Phi) is 3.65. The quantitative estimate of drug-likeness (QED) is 0.895. The number of carbonyl (C=O) groups excluding carboxylic acids is 1. The molecule has 1 unspecified atom stereocenters. The lowest BCUT2D eigenvalue weighted by Crippen LogP contribution is -2.45. The molecule has 1 saturated carbocycles. The molecule has 0 aliphatic heterocycles. The SMILES string of the molecule is O=C(O)CN(C(=O)NC1CCCc2sccc21)C1CC1. The van der Waals surface area contributed by atoms with Crippen LogP contribution in [0.3, 0.4) is 0 Å². The molecule has 108 valence electrons. The van der Waals surface area contributed by atoms with Gasteiger partial charge in [-0.05, 0) is 49.1 Å². The highest BCUT2D eigenvalue weighted by atomic mass is 32.1. The van der Waals surface area contributed by atoms with Gasteiger partial charge in [-0.2, -0.15) is 0 Å². The monoisotopic (exact) mass is 294 g/mol. The van der Waals surface area contributed by atoms with Gasteiger partial charge in [-0.15, -0.1) is 11.3 Å². The van der Waals surface area contributed by atoms with E-state index in [0.29, 0.717) is 0 Å². The Morgan fingerprint density at radius 2 is 2.20 bits per heavy atom. The molecule has 0 aromatic carbocycles. The summed E-state index contributed by atoms with van der Waals surface area (Å²) in [6.45, 7) is -0.209. The van der Waals surface area contributed by atoms with Crippen LogP contribution in [0.25, 0.3) is 0 Å². The first kappa shape index (κ1) is 13.4. The van der Waals surface area contributed by atoms with Gasteiger partial charge in [-0.25, -0.2) is 4.79 Å². The smallest absolute Gasteiger partial charge is 0.323 e. The van der Waals surface area contributed by atoms with Crippen LogP contribution < -0.4 is 5.32 Å². The second kappa shape index (κ2) is 5.44. The van der Waals surface area contributed by atoms with Gasteiger partial charge in [-0.3, -0.25) is 4.79 Å². The van der Waals surface area contributed by atoms with Crippen molar-refractivity contribution in [1.29, 1.82) is 0 Å². The van der Waals surface area contributed by atoms with Crippen molar-refractivity contribution in [2.45, 2.75) is 44.2 Å². The molecule has 2 aliphatic rings. The van der Waals surface area contributed by atoms with Gasteiger partial charge in [0.2, 0.25) is 0 Å². The number of thiophene rings is 1. The molecule has 0 radical (unpaired) electrons. The molecule has 2 N–H and O–H groups in total. The first-order valence-corrected chi connectivity index (χ1v) is 7.88. The number of fused-ring (bicyclic) bond motifs is 1. The number of aryl methyl sites for hydroxylation is 1. The van der Waals surface area contributed by atoms with E-state index in [1.54, 1.807) is 11.3 Å². The van der Waals surface area contributed by atoms with Crippen molar-refractivity contribution in [3.05, 3.63) is 21.9 Å². The maximum Gasteiger partial charge on any atom is 0.323 e. The molecule has 1 aromatic heterocycles. The van der Waals surface area contributed by atoms with Crippen molar-refractivity contribution in [2.75, 3.05) is 6.54 Å². The van der Waals surface area contributed by atoms with Crippen molar-refractivity contribution in [2.24, 2.45) is 0 Å². The molecule has 2 amide bonds. The van der Waals surface area contributed by atoms with Gasteiger partial charge in [0.1, 0.15) is 6.54 Å². The van der Waals surface area contributed by atoms with Crippen molar-refractivity contribution < 1.29 is 14.7 Å². The predicted molar refractivity (Wildman–Crippen MR) is 75.9 cm³/mol. The van der Waals surface area contributed by atoms with E-state index in [-0.39, 0.29) is 24.7 Å². The molecule has 2 aliphatic carbocycles. The van der Waals surface area contributed by atoms with Crippen molar-refractivity contribution >= 4 is 23.3 Å². The Morgan fingerprint density at radius 1 is 1.40 bits per heavy atom. The third-order valence-electron chi connectivity index (χ3n) is 3.90. The Morgan fingerprint density at radius 3 is 2.90 bits per heavy atom. The fourth-order valence-corrected chi connectivity index (χ4v) is 3.75. The number of hydrogen-bond acceptors (Lipinski definition) is 3. The lowest BCUT2D eigenvalue weighted by atomic mass is 9.94. The summed E-state index contributed by atoms with van der Waals surface area (Å²) in [7, 11) is 0. The van der Waals surface area contributed by atoms with E-state index in [2.05, 4.69) is 16.8 Å². The summed E-state index contributed by atoms with van der Waals surface area (Å²) in [5.74, 6) is -0.952. The lowest BCUT2D eigenvalue weighted by molar-refractivity contribution is -0.137. The molecule has 0 saturated heterocycles. The molecule has 5 nitrogen and oxygen atoms in total. The fraction of sp³-hybridized carbons (Fsp3) is 0.571. The van der Waals surface area contributed by atoms with E-state index < -0.39 is 5.97 Å². The molecular formula is C14H18N2O3S. The highest BCUT2D eigenvalue weighted by molar-refractivity contribution is 7.10. The molecule has 3 rings (SSSR count). The highest BCUT2D eigenvalue weighted by Gasteiger charge is 2.35. The molecule has 1 atom stereocenters. The normalized spacial score (nSPS) is 21.1. The van der Waals surface area contributed by atoms with Crippen LogP contribution in [0.5, 0.6) is 0 Å². The average molecular weight is 294 g/mol. The molecule has 0 bridgehead atoms. The Bertz CT molecular complexity index is 524. The second-order valence-electron chi connectivity index (χ2n) is 5.45. The van der Waals surface area contributed by atoms with Crippen molar-refractivity contribution in [3.63, 3.8) is 0 Å². The first-order valence-electron chi connectivity index (χ1n) is 7.00. The summed E-state index contributed by atoms with van der Waals surface area (Å²) in [4.78, 5) is 26.0. The van der Waals surface area contributed by atoms with Crippen LogP contribution in [-0.4, -0.2) is 34.6 Å². The summed E-state index contributed by atoms with van der Waals surface area (Å²) < 4.78 is 0. The molecule has 1 fully saturated rings. The zero-order valence-electron chi connectivity index (χ0n) is 11.2. The first-order chi connectivity index (χ1) is 9.65. The van der Waals surface area contributed by atoms with Crippen LogP contribution in [0.4, 0.5) is 4.79 Å². The van der Waals surface area contributed by atoms with Gasteiger partial charge in [0.25, 0.3) is 0 Å². The molecule has 1 aromatic rings. The third-order valence-corrected chi connectivity index (χ3v) is 4.90. The summed E-state index contributed by atoms with van der Waals surface area (Å²) in [5.41, 5.74) is 1.21. The Labute approximate surface area is 121 Å². The number of carboxylic acid groups (broad SMARTS) is 1. The number of nitrogens with one attached hydrogen (secondary N) is 1. The van der Waals surface area contributed by atoms with Crippen LogP contribution in [-0.2, 0) is 11.2 Å². The minimum Gasteiger partial charge on any atom is -0.480 e. The summed E-state index contributed by atoms with van der Waals surface area (Å²) in [5, 5.41) is 14.0. The van der Waals surface area contributed by atoms with Crippen LogP contribution in [0.1, 0.15) is 42.2 Å². The average Bonchev–Trinajstić information content (AvgIpc) is 3.13.